The number of aryl methyl sites for hydroxylation is 2. The van der Waals surface area contributed by atoms with Gasteiger partial charge >= 0.3 is 0 Å². The first-order valence-corrected chi connectivity index (χ1v) is 12.6. The Bertz CT molecular complexity index is 1420. The van der Waals surface area contributed by atoms with Crippen molar-refractivity contribution in [2.75, 3.05) is 31.5 Å². The number of amides is 1. The number of hydrogen-bond donors (Lipinski definition) is 2. The zero-order valence-corrected chi connectivity index (χ0v) is 20.7. The monoisotopic (exact) mass is 482 g/mol. The van der Waals surface area contributed by atoms with Gasteiger partial charge < -0.3 is 15.2 Å². The molecule has 2 fully saturated rings. The van der Waals surface area contributed by atoms with Gasteiger partial charge in [-0.25, -0.2) is 19.9 Å². The fourth-order valence-electron chi connectivity index (χ4n) is 4.83. The van der Waals surface area contributed by atoms with Gasteiger partial charge in [-0.15, -0.1) is 0 Å². The highest BCUT2D eigenvalue weighted by Gasteiger charge is 2.34. The standard InChI is InChI=1S/C27H30N8O/c1-17-13-19(16-34-9-11-35(12-10-34)26(36)20-3-4-20)14-25(29-17)33-27-31-23-6-5-21(15-24(23)32-27)22-7-8-28-18(2)30-22/h5-8,13-15,20H,3-4,9-12,16H2,1-2H3,(H2,29,31,32,33). The molecule has 4 heterocycles. The second-order valence-electron chi connectivity index (χ2n) is 9.81. The number of H-pyrrole nitrogens is 1. The molecule has 1 aromatic carbocycles. The Balaban J connectivity index is 1.14. The van der Waals surface area contributed by atoms with Gasteiger partial charge in [-0.05, 0) is 62.6 Å². The maximum atomic E-state index is 12.3. The third-order valence-electron chi connectivity index (χ3n) is 6.83. The first-order valence-electron chi connectivity index (χ1n) is 12.6. The van der Waals surface area contributed by atoms with E-state index in [0.717, 1.165) is 85.2 Å². The van der Waals surface area contributed by atoms with Gasteiger partial charge in [0.05, 0.1) is 16.7 Å². The smallest absolute Gasteiger partial charge is 0.225 e. The molecule has 3 aromatic heterocycles. The van der Waals surface area contributed by atoms with Crippen LogP contribution in [0.25, 0.3) is 22.3 Å². The molecular formula is C27H30N8O. The van der Waals surface area contributed by atoms with Crippen molar-refractivity contribution < 1.29 is 4.79 Å². The van der Waals surface area contributed by atoms with Crippen molar-refractivity contribution >= 4 is 28.7 Å². The van der Waals surface area contributed by atoms with E-state index in [-0.39, 0.29) is 0 Å². The van der Waals surface area contributed by atoms with Crippen LogP contribution >= 0.6 is 0 Å². The molecule has 0 spiro atoms. The largest absolute Gasteiger partial charge is 0.340 e. The number of anilines is 2. The Morgan fingerprint density at radius 3 is 2.64 bits per heavy atom. The molecule has 2 N–H and O–H groups in total. The van der Waals surface area contributed by atoms with Gasteiger partial charge in [-0.3, -0.25) is 9.69 Å². The number of piperazine rings is 1. The van der Waals surface area contributed by atoms with Gasteiger partial charge in [0.1, 0.15) is 11.6 Å². The van der Waals surface area contributed by atoms with Gasteiger partial charge in [0.15, 0.2) is 0 Å². The molecule has 1 amide bonds. The van der Waals surface area contributed by atoms with E-state index >= 15 is 0 Å². The second kappa shape index (κ2) is 9.31. The first-order chi connectivity index (χ1) is 17.5. The summed E-state index contributed by atoms with van der Waals surface area (Å²) in [5.74, 6) is 2.81. The summed E-state index contributed by atoms with van der Waals surface area (Å²) in [6.45, 7) is 8.18. The van der Waals surface area contributed by atoms with Crippen molar-refractivity contribution in [2.24, 2.45) is 5.92 Å². The summed E-state index contributed by atoms with van der Waals surface area (Å²) < 4.78 is 0. The number of carbonyl (C=O) groups is 1. The molecule has 1 saturated heterocycles. The van der Waals surface area contributed by atoms with E-state index in [1.165, 1.54) is 5.56 Å². The Hall–Kier alpha value is -3.85. The molecule has 0 atom stereocenters. The van der Waals surface area contributed by atoms with Crippen LogP contribution in [0.3, 0.4) is 0 Å². The molecule has 36 heavy (non-hydrogen) atoms. The Kier molecular flexibility index (Phi) is 5.85. The lowest BCUT2D eigenvalue weighted by molar-refractivity contribution is -0.134. The van der Waals surface area contributed by atoms with Crippen molar-refractivity contribution in [3.8, 4) is 11.3 Å². The van der Waals surface area contributed by atoms with Gasteiger partial charge in [0, 0.05) is 56.1 Å². The number of nitrogens with one attached hydrogen (secondary N) is 2. The highest BCUT2D eigenvalue weighted by atomic mass is 16.2. The number of benzene rings is 1. The molecule has 4 aromatic rings. The number of aromatic amines is 1. The van der Waals surface area contributed by atoms with E-state index in [9.17, 15) is 4.79 Å². The second-order valence-corrected chi connectivity index (χ2v) is 9.81. The summed E-state index contributed by atoms with van der Waals surface area (Å²) in [4.78, 5) is 38.2. The van der Waals surface area contributed by atoms with E-state index in [4.69, 9.17) is 4.98 Å². The number of rotatable bonds is 6. The summed E-state index contributed by atoms with van der Waals surface area (Å²) in [7, 11) is 0. The lowest BCUT2D eigenvalue weighted by Gasteiger charge is -2.35. The van der Waals surface area contributed by atoms with Gasteiger partial charge in [0.25, 0.3) is 0 Å². The molecule has 0 unspecified atom stereocenters. The highest BCUT2D eigenvalue weighted by molar-refractivity contribution is 5.83. The Morgan fingerprint density at radius 2 is 1.86 bits per heavy atom. The molecule has 2 aliphatic rings. The van der Waals surface area contributed by atoms with Crippen LogP contribution in [0.2, 0.25) is 0 Å². The summed E-state index contributed by atoms with van der Waals surface area (Å²) in [5, 5.41) is 3.35. The maximum Gasteiger partial charge on any atom is 0.225 e. The van der Waals surface area contributed by atoms with Crippen LogP contribution in [0, 0.1) is 19.8 Å². The van der Waals surface area contributed by atoms with Crippen LogP contribution in [-0.4, -0.2) is 66.8 Å². The van der Waals surface area contributed by atoms with Crippen LogP contribution in [0.15, 0.2) is 42.6 Å². The fourth-order valence-corrected chi connectivity index (χ4v) is 4.83. The molecule has 0 bridgehead atoms. The van der Waals surface area contributed by atoms with E-state index < -0.39 is 0 Å². The molecule has 1 aliphatic heterocycles. The quantitative estimate of drug-likeness (QED) is 0.431. The van der Waals surface area contributed by atoms with Crippen LogP contribution in [0.1, 0.15) is 29.9 Å². The zero-order valence-electron chi connectivity index (χ0n) is 20.7. The number of nitrogens with zero attached hydrogens (tertiary/aromatic N) is 6. The normalized spacial score (nSPS) is 16.4. The van der Waals surface area contributed by atoms with Crippen molar-refractivity contribution in [3.05, 3.63) is 59.7 Å². The fraction of sp³-hybridized carbons (Fsp3) is 0.370. The number of carbonyl (C=O) groups excluding carboxylic acids is 1. The number of hydrogen-bond acceptors (Lipinski definition) is 7. The summed E-state index contributed by atoms with van der Waals surface area (Å²) in [6.07, 6.45) is 3.91. The van der Waals surface area contributed by atoms with Crippen molar-refractivity contribution in [1.29, 1.82) is 0 Å². The van der Waals surface area contributed by atoms with E-state index in [1.807, 2.05) is 36.9 Å². The van der Waals surface area contributed by atoms with Gasteiger partial charge in [-0.2, -0.15) is 0 Å². The van der Waals surface area contributed by atoms with Crippen LogP contribution in [-0.2, 0) is 11.3 Å². The Labute approximate surface area is 210 Å². The third kappa shape index (κ3) is 4.92. The molecule has 1 aliphatic carbocycles. The van der Waals surface area contributed by atoms with E-state index in [0.29, 0.717) is 17.8 Å². The lowest BCUT2D eigenvalue weighted by atomic mass is 10.1. The van der Waals surface area contributed by atoms with Crippen molar-refractivity contribution in [1.82, 2.24) is 34.7 Å². The maximum absolute atomic E-state index is 12.3. The minimum atomic E-state index is 0.300. The SMILES string of the molecule is Cc1cc(CN2CCN(C(=O)C3CC3)CC2)cc(Nc2nc3ccc(-c4ccnc(C)n4)cc3[nH]2)n1. The molecular weight excluding hydrogens is 452 g/mol. The summed E-state index contributed by atoms with van der Waals surface area (Å²) in [6, 6.07) is 12.2. The average Bonchev–Trinajstić information content (AvgIpc) is 3.63. The van der Waals surface area contributed by atoms with E-state index in [2.05, 4.69) is 48.4 Å². The first kappa shape index (κ1) is 22.6. The predicted molar refractivity (Wildman–Crippen MR) is 139 cm³/mol. The third-order valence-corrected chi connectivity index (χ3v) is 6.83. The van der Waals surface area contributed by atoms with Crippen LogP contribution in [0.5, 0.6) is 0 Å². The summed E-state index contributed by atoms with van der Waals surface area (Å²) >= 11 is 0. The molecule has 6 rings (SSSR count). The van der Waals surface area contributed by atoms with Crippen LogP contribution in [0.4, 0.5) is 11.8 Å². The molecule has 9 heteroatoms. The molecule has 9 nitrogen and oxygen atoms in total. The van der Waals surface area contributed by atoms with Crippen molar-refractivity contribution in [3.63, 3.8) is 0 Å². The highest BCUT2D eigenvalue weighted by Crippen LogP contribution is 2.31. The number of pyridine rings is 1. The van der Waals surface area contributed by atoms with Gasteiger partial charge in [0.2, 0.25) is 11.9 Å². The van der Waals surface area contributed by atoms with E-state index in [1.54, 1.807) is 6.20 Å². The number of aromatic nitrogens is 5. The van der Waals surface area contributed by atoms with Crippen molar-refractivity contribution in [2.45, 2.75) is 33.2 Å². The average molecular weight is 483 g/mol. The molecule has 0 radical (unpaired) electrons. The minimum Gasteiger partial charge on any atom is -0.340 e. The number of imidazole rings is 1. The number of fused-ring (bicyclic) bond motifs is 1. The van der Waals surface area contributed by atoms with Gasteiger partial charge in [-0.1, -0.05) is 6.07 Å². The lowest BCUT2D eigenvalue weighted by Crippen LogP contribution is -2.48. The zero-order chi connectivity index (χ0) is 24.6. The minimum absolute atomic E-state index is 0.300. The topological polar surface area (TPSA) is 103 Å². The summed E-state index contributed by atoms with van der Waals surface area (Å²) in [5.41, 5.74) is 5.85. The Morgan fingerprint density at radius 1 is 1.03 bits per heavy atom. The van der Waals surface area contributed by atoms with Crippen LogP contribution < -0.4 is 5.32 Å². The molecule has 184 valence electrons. The molecule has 1 saturated carbocycles. The predicted octanol–water partition coefficient (Wildman–Crippen LogP) is 3.83.